The smallest absolute Gasteiger partial charge is 0.329 e. The monoisotopic (exact) mass is 422 g/mol. The first-order chi connectivity index (χ1) is 15.1. The first-order valence-corrected chi connectivity index (χ1v) is 10.3. The van der Waals surface area contributed by atoms with Crippen molar-refractivity contribution >= 4 is 29.6 Å². The lowest BCUT2D eigenvalue weighted by atomic mass is 10.1. The number of carbonyl (C=O) groups excluding carboxylic acids is 3. The van der Waals surface area contributed by atoms with Gasteiger partial charge in [0.15, 0.2) is 6.61 Å². The van der Waals surface area contributed by atoms with Crippen LogP contribution in [0.5, 0.6) is 5.75 Å². The highest BCUT2D eigenvalue weighted by molar-refractivity contribution is 6.39. The van der Waals surface area contributed by atoms with Crippen LogP contribution in [0.1, 0.15) is 30.9 Å². The molecule has 8 heteroatoms. The molecule has 0 aromatic heterocycles. The second kappa shape index (κ2) is 10.9. The highest BCUT2D eigenvalue weighted by Crippen LogP contribution is 2.15. The first-order valence-electron chi connectivity index (χ1n) is 10.3. The molecule has 8 nitrogen and oxygen atoms in total. The molecule has 162 valence electrons. The Hall–Kier alpha value is -3.68. The second-order valence-corrected chi connectivity index (χ2v) is 7.11. The van der Waals surface area contributed by atoms with Gasteiger partial charge in [-0.2, -0.15) is 5.10 Å². The molecule has 0 bridgehead atoms. The molecular formula is C23H26N4O4. The number of carbonyl (C=O) groups is 3. The van der Waals surface area contributed by atoms with Gasteiger partial charge in [-0.25, -0.2) is 5.43 Å². The van der Waals surface area contributed by atoms with Crippen LogP contribution in [0.4, 0.5) is 5.69 Å². The Balaban J connectivity index is 1.45. The molecule has 2 aromatic carbocycles. The van der Waals surface area contributed by atoms with E-state index in [0.717, 1.165) is 37.9 Å². The van der Waals surface area contributed by atoms with E-state index in [1.165, 1.54) is 6.21 Å². The summed E-state index contributed by atoms with van der Waals surface area (Å²) in [5.74, 6) is -1.08. The molecular weight excluding hydrogens is 396 g/mol. The minimum absolute atomic E-state index is 0.00862. The predicted molar refractivity (Wildman–Crippen MR) is 118 cm³/mol. The molecule has 1 heterocycles. The predicted octanol–water partition coefficient (Wildman–Crippen LogP) is 2.34. The summed E-state index contributed by atoms with van der Waals surface area (Å²) in [6, 6.07) is 14.2. The molecule has 2 aromatic rings. The number of ether oxygens (including phenoxy) is 1. The summed E-state index contributed by atoms with van der Waals surface area (Å²) >= 11 is 0. The van der Waals surface area contributed by atoms with E-state index in [2.05, 4.69) is 15.8 Å². The topological polar surface area (TPSA) is 100 Å². The standard InChI is InChI=1S/C23H26N4O4/c1-2-18-7-3-4-8-20(18)25-22(29)23(30)26-24-15-17-9-11-19(12-10-17)31-16-21(28)27-13-5-6-14-27/h3-4,7-12,15H,2,5-6,13-14,16H2,1H3,(H,25,29)(H,26,30)/b24-15-. The Bertz CT molecular complexity index is 950. The van der Waals surface area contributed by atoms with Gasteiger partial charge < -0.3 is 15.0 Å². The van der Waals surface area contributed by atoms with Crippen LogP contribution in [0.2, 0.25) is 0 Å². The average Bonchev–Trinajstić information content (AvgIpc) is 3.33. The number of hydrazone groups is 1. The number of nitrogens with one attached hydrogen (secondary N) is 2. The van der Waals surface area contributed by atoms with E-state index in [4.69, 9.17) is 4.74 Å². The van der Waals surface area contributed by atoms with Gasteiger partial charge >= 0.3 is 11.8 Å². The molecule has 0 unspecified atom stereocenters. The average molecular weight is 422 g/mol. The van der Waals surface area contributed by atoms with E-state index < -0.39 is 11.8 Å². The quantitative estimate of drug-likeness (QED) is 0.406. The maximum Gasteiger partial charge on any atom is 0.329 e. The van der Waals surface area contributed by atoms with Crippen molar-refractivity contribution in [1.29, 1.82) is 0 Å². The van der Waals surface area contributed by atoms with Crippen molar-refractivity contribution in [3.05, 3.63) is 59.7 Å². The third-order valence-electron chi connectivity index (χ3n) is 4.93. The molecule has 2 N–H and O–H groups in total. The van der Waals surface area contributed by atoms with Crippen LogP contribution < -0.4 is 15.5 Å². The zero-order valence-corrected chi connectivity index (χ0v) is 17.5. The van der Waals surface area contributed by atoms with Crippen LogP contribution in [0, 0.1) is 0 Å². The fourth-order valence-corrected chi connectivity index (χ4v) is 3.20. The normalized spacial score (nSPS) is 13.3. The zero-order valence-electron chi connectivity index (χ0n) is 17.5. The van der Waals surface area contributed by atoms with Crippen molar-refractivity contribution in [2.45, 2.75) is 26.2 Å². The van der Waals surface area contributed by atoms with Gasteiger partial charge in [-0.3, -0.25) is 14.4 Å². The maximum atomic E-state index is 12.0. The van der Waals surface area contributed by atoms with Crippen molar-refractivity contribution in [2.75, 3.05) is 25.0 Å². The SMILES string of the molecule is CCc1ccccc1NC(=O)C(=O)N/N=C\c1ccc(OCC(=O)N2CCCC2)cc1. The van der Waals surface area contributed by atoms with Gasteiger partial charge in [0.25, 0.3) is 5.91 Å². The van der Waals surface area contributed by atoms with Crippen molar-refractivity contribution in [3.8, 4) is 5.75 Å². The van der Waals surface area contributed by atoms with E-state index in [1.54, 1.807) is 41.3 Å². The molecule has 1 saturated heterocycles. The van der Waals surface area contributed by atoms with Crippen LogP contribution in [0.15, 0.2) is 53.6 Å². The molecule has 0 spiro atoms. The Morgan fingerprint density at radius 3 is 2.45 bits per heavy atom. The van der Waals surface area contributed by atoms with Gasteiger partial charge in [0.2, 0.25) is 0 Å². The first kappa shape index (κ1) is 22.0. The lowest BCUT2D eigenvalue weighted by Crippen LogP contribution is -2.32. The summed E-state index contributed by atoms with van der Waals surface area (Å²) in [7, 11) is 0. The van der Waals surface area contributed by atoms with Crippen LogP contribution in [-0.2, 0) is 20.8 Å². The van der Waals surface area contributed by atoms with Crippen LogP contribution in [0.25, 0.3) is 0 Å². The second-order valence-electron chi connectivity index (χ2n) is 7.11. The molecule has 1 aliphatic rings. The molecule has 3 rings (SSSR count). The van der Waals surface area contributed by atoms with Crippen LogP contribution in [0.3, 0.4) is 0 Å². The third-order valence-corrected chi connectivity index (χ3v) is 4.93. The highest BCUT2D eigenvalue weighted by Gasteiger charge is 2.18. The summed E-state index contributed by atoms with van der Waals surface area (Å²) in [4.78, 5) is 37.8. The number of hydrogen-bond donors (Lipinski definition) is 2. The van der Waals surface area contributed by atoms with E-state index in [9.17, 15) is 14.4 Å². The van der Waals surface area contributed by atoms with E-state index in [1.807, 2.05) is 19.1 Å². The molecule has 31 heavy (non-hydrogen) atoms. The molecule has 0 radical (unpaired) electrons. The molecule has 1 fully saturated rings. The summed E-state index contributed by atoms with van der Waals surface area (Å²) < 4.78 is 5.53. The zero-order chi connectivity index (χ0) is 22.1. The number of nitrogens with zero attached hydrogens (tertiary/aromatic N) is 2. The number of likely N-dealkylation sites (tertiary alicyclic amines) is 1. The minimum Gasteiger partial charge on any atom is -0.484 e. The van der Waals surface area contributed by atoms with Gasteiger partial charge in [0.05, 0.1) is 6.21 Å². The van der Waals surface area contributed by atoms with Gasteiger partial charge in [0.1, 0.15) is 5.75 Å². The molecule has 3 amide bonds. The Kier molecular flexibility index (Phi) is 7.75. The van der Waals surface area contributed by atoms with E-state index in [0.29, 0.717) is 17.0 Å². The fourth-order valence-electron chi connectivity index (χ4n) is 3.20. The van der Waals surface area contributed by atoms with E-state index in [-0.39, 0.29) is 12.5 Å². The summed E-state index contributed by atoms with van der Waals surface area (Å²) in [6.07, 6.45) is 4.25. The Morgan fingerprint density at radius 2 is 1.74 bits per heavy atom. The largest absolute Gasteiger partial charge is 0.484 e. The number of amides is 3. The molecule has 1 aliphatic heterocycles. The number of rotatable bonds is 7. The Labute approximate surface area is 181 Å². The third kappa shape index (κ3) is 6.40. The fraction of sp³-hybridized carbons (Fsp3) is 0.304. The summed E-state index contributed by atoms with van der Waals surface area (Å²) in [6.45, 7) is 3.58. The summed E-state index contributed by atoms with van der Waals surface area (Å²) in [5, 5.41) is 6.40. The van der Waals surface area contributed by atoms with Crippen molar-refractivity contribution in [1.82, 2.24) is 10.3 Å². The van der Waals surface area contributed by atoms with Crippen LogP contribution >= 0.6 is 0 Å². The van der Waals surface area contributed by atoms with E-state index >= 15 is 0 Å². The number of anilines is 1. The minimum atomic E-state index is -0.859. The number of benzene rings is 2. The van der Waals surface area contributed by atoms with Crippen LogP contribution in [-0.4, -0.2) is 48.5 Å². The van der Waals surface area contributed by atoms with Gasteiger partial charge in [-0.15, -0.1) is 0 Å². The maximum absolute atomic E-state index is 12.0. The lowest BCUT2D eigenvalue weighted by molar-refractivity contribution is -0.136. The van der Waals surface area contributed by atoms with Gasteiger partial charge in [-0.05, 0) is 60.7 Å². The highest BCUT2D eigenvalue weighted by atomic mass is 16.5. The number of aryl methyl sites for hydroxylation is 1. The van der Waals surface area contributed by atoms with Crippen molar-refractivity contribution < 1.29 is 19.1 Å². The molecule has 0 saturated carbocycles. The van der Waals surface area contributed by atoms with Gasteiger partial charge in [0, 0.05) is 18.8 Å². The van der Waals surface area contributed by atoms with Gasteiger partial charge in [-0.1, -0.05) is 25.1 Å². The number of para-hydroxylation sites is 1. The Morgan fingerprint density at radius 1 is 1.03 bits per heavy atom. The lowest BCUT2D eigenvalue weighted by Gasteiger charge is -2.15. The summed E-state index contributed by atoms with van der Waals surface area (Å²) in [5.41, 5.74) is 4.46. The number of hydrogen-bond acceptors (Lipinski definition) is 5. The molecule has 0 atom stereocenters. The van der Waals surface area contributed by atoms with Crippen molar-refractivity contribution in [3.63, 3.8) is 0 Å². The van der Waals surface area contributed by atoms with Crippen molar-refractivity contribution in [2.24, 2.45) is 5.10 Å². The molecule has 0 aliphatic carbocycles.